The van der Waals surface area contributed by atoms with E-state index in [9.17, 15) is 29.8 Å². The van der Waals surface area contributed by atoms with Gasteiger partial charge in [0.25, 0.3) is 11.4 Å². The Morgan fingerprint density at radius 2 is 0.949 bits per heavy atom. The highest BCUT2D eigenvalue weighted by Crippen LogP contribution is 2.35. The van der Waals surface area contributed by atoms with Crippen LogP contribution in [0.5, 0.6) is 0 Å². The molecule has 12 nitrogen and oxygen atoms in total. The second kappa shape index (κ2) is 13.0. The first kappa shape index (κ1) is 27.8. The first-order chi connectivity index (χ1) is 18.7. The fourth-order valence-corrected chi connectivity index (χ4v) is 5.59. The van der Waals surface area contributed by atoms with Gasteiger partial charge in [-0.15, -0.1) is 0 Å². The van der Waals surface area contributed by atoms with Gasteiger partial charge in [0.1, 0.15) is 0 Å². The largest absolute Gasteiger partial charge is 0.335 e. The van der Waals surface area contributed by atoms with Crippen LogP contribution in [0.25, 0.3) is 0 Å². The number of non-ortho nitro benzene ring substituents is 2. The fourth-order valence-electron chi connectivity index (χ4n) is 5.59. The summed E-state index contributed by atoms with van der Waals surface area (Å²) < 4.78 is 0. The van der Waals surface area contributed by atoms with Crippen LogP contribution >= 0.6 is 0 Å². The van der Waals surface area contributed by atoms with E-state index in [1.807, 2.05) is 0 Å². The molecule has 0 bridgehead atoms. The molecule has 2 aromatic rings. The summed E-state index contributed by atoms with van der Waals surface area (Å²) in [6.45, 7) is 0. The maximum absolute atomic E-state index is 12.3. The molecule has 0 saturated heterocycles. The van der Waals surface area contributed by atoms with Crippen molar-refractivity contribution in [3.8, 4) is 0 Å². The second-order valence-corrected chi connectivity index (χ2v) is 10.5. The maximum atomic E-state index is 12.3. The normalized spacial score (nSPS) is 22.8. The molecule has 2 fully saturated rings. The number of nitrogens with zero attached hydrogens (tertiary/aromatic N) is 2. The van der Waals surface area contributed by atoms with Crippen molar-refractivity contribution in [2.75, 3.05) is 10.6 Å². The number of urea groups is 2. The van der Waals surface area contributed by atoms with E-state index in [-0.39, 0.29) is 35.5 Å². The molecule has 4 rings (SSSR count). The topological polar surface area (TPSA) is 169 Å². The lowest BCUT2D eigenvalue weighted by Gasteiger charge is -2.34. The molecule has 0 radical (unpaired) electrons. The third-order valence-electron chi connectivity index (χ3n) is 7.70. The van der Waals surface area contributed by atoms with Crippen molar-refractivity contribution in [3.05, 3.63) is 68.8 Å². The number of carbonyl (C=O) groups excluding carboxylic acids is 2. The lowest BCUT2D eigenvalue weighted by Crippen LogP contribution is -2.41. The summed E-state index contributed by atoms with van der Waals surface area (Å²) in [5.41, 5.74) is 0.991. The fraction of sp³-hybridized carbons (Fsp3) is 0.481. The third-order valence-corrected chi connectivity index (χ3v) is 7.70. The van der Waals surface area contributed by atoms with Crippen LogP contribution in [0.15, 0.2) is 48.5 Å². The Balaban J connectivity index is 1.10. The van der Waals surface area contributed by atoms with E-state index in [1.54, 1.807) is 0 Å². The van der Waals surface area contributed by atoms with Gasteiger partial charge in [-0.25, -0.2) is 9.59 Å². The zero-order valence-corrected chi connectivity index (χ0v) is 21.6. The first-order valence-corrected chi connectivity index (χ1v) is 13.4. The van der Waals surface area contributed by atoms with Gasteiger partial charge in [0, 0.05) is 47.7 Å². The summed E-state index contributed by atoms with van der Waals surface area (Å²) in [6, 6.07) is 11.2. The van der Waals surface area contributed by atoms with Crippen LogP contribution < -0.4 is 21.3 Å². The molecule has 0 unspecified atom stereocenters. The molecule has 4 amide bonds. The molecule has 2 aliphatic carbocycles. The van der Waals surface area contributed by atoms with Crippen LogP contribution in [0.3, 0.4) is 0 Å². The summed E-state index contributed by atoms with van der Waals surface area (Å²) in [4.78, 5) is 45.2. The molecule has 39 heavy (non-hydrogen) atoms. The van der Waals surface area contributed by atoms with Gasteiger partial charge in [0.15, 0.2) is 0 Å². The van der Waals surface area contributed by atoms with Gasteiger partial charge in [-0.1, -0.05) is 0 Å². The number of rotatable bonds is 8. The summed E-state index contributed by atoms with van der Waals surface area (Å²) in [7, 11) is 0. The van der Waals surface area contributed by atoms with Crippen molar-refractivity contribution in [2.45, 2.75) is 69.9 Å². The van der Waals surface area contributed by atoms with Crippen LogP contribution in [0.2, 0.25) is 0 Å². The Bertz CT molecular complexity index is 1060. The van der Waals surface area contributed by atoms with Crippen molar-refractivity contribution >= 4 is 34.8 Å². The van der Waals surface area contributed by atoms with E-state index in [4.69, 9.17) is 0 Å². The minimum atomic E-state index is -0.476. The number of nitrogens with one attached hydrogen (secondary N) is 4. The second-order valence-electron chi connectivity index (χ2n) is 10.5. The minimum absolute atomic E-state index is 0.0193. The standard InChI is InChI=1S/C27H34N6O6/c34-26(30-22-9-13-24(14-10-22)32(36)37)28-20-5-1-18(2-6-20)17-19-3-7-21(8-4-19)29-27(35)31-23-11-15-25(16-12-23)33(38)39/h9-16,18-21H,1-8,17H2,(H2,28,30,34)(H2,29,31,35). The molecule has 208 valence electrons. The van der Waals surface area contributed by atoms with E-state index in [2.05, 4.69) is 21.3 Å². The summed E-state index contributed by atoms with van der Waals surface area (Å²) in [6.07, 6.45) is 9.16. The van der Waals surface area contributed by atoms with Gasteiger partial charge in [0.2, 0.25) is 0 Å². The van der Waals surface area contributed by atoms with Gasteiger partial charge in [-0.3, -0.25) is 20.2 Å². The molecule has 0 spiro atoms. The lowest BCUT2D eigenvalue weighted by molar-refractivity contribution is -0.385. The van der Waals surface area contributed by atoms with Crippen LogP contribution in [0.4, 0.5) is 32.3 Å². The maximum Gasteiger partial charge on any atom is 0.319 e. The molecule has 2 saturated carbocycles. The number of anilines is 2. The number of hydrogen-bond acceptors (Lipinski definition) is 6. The summed E-state index contributed by atoms with van der Waals surface area (Å²) in [5, 5.41) is 33.0. The number of hydrogen-bond donors (Lipinski definition) is 4. The van der Waals surface area contributed by atoms with Crippen molar-refractivity contribution in [2.24, 2.45) is 11.8 Å². The van der Waals surface area contributed by atoms with Crippen molar-refractivity contribution in [1.29, 1.82) is 0 Å². The Morgan fingerprint density at radius 3 is 1.26 bits per heavy atom. The number of benzene rings is 2. The van der Waals surface area contributed by atoms with Crippen LogP contribution in [0.1, 0.15) is 57.8 Å². The van der Waals surface area contributed by atoms with Crippen molar-refractivity contribution < 1.29 is 19.4 Å². The van der Waals surface area contributed by atoms with Crippen LogP contribution in [-0.2, 0) is 0 Å². The predicted octanol–water partition coefficient (Wildman–Crippen LogP) is 5.95. The average Bonchev–Trinajstić information content (AvgIpc) is 2.91. The number of nitro benzene ring substituents is 2. The lowest BCUT2D eigenvalue weighted by atomic mass is 9.75. The molecule has 2 aliphatic rings. The molecule has 12 heteroatoms. The van der Waals surface area contributed by atoms with Crippen LogP contribution in [0, 0.1) is 32.1 Å². The zero-order valence-electron chi connectivity index (χ0n) is 21.6. The third kappa shape index (κ3) is 8.39. The summed E-state index contributed by atoms with van der Waals surface area (Å²) in [5.74, 6) is 1.28. The highest BCUT2D eigenvalue weighted by Gasteiger charge is 2.28. The monoisotopic (exact) mass is 538 g/mol. The van der Waals surface area contributed by atoms with E-state index >= 15 is 0 Å². The zero-order chi connectivity index (χ0) is 27.8. The highest BCUT2D eigenvalue weighted by molar-refractivity contribution is 5.90. The SMILES string of the molecule is O=C(Nc1ccc([N+](=O)[O-])cc1)NC1CCC(CC2CCC(NC(=O)Nc3ccc([N+](=O)[O-])cc3)CC2)CC1. The van der Waals surface area contributed by atoms with Gasteiger partial charge in [-0.05, 0) is 93.9 Å². The molecule has 0 aliphatic heterocycles. The number of carbonyl (C=O) groups is 2. The molecule has 4 N–H and O–H groups in total. The number of nitro groups is 2. The van der Waals surface area contributed by atoms with Crippen molar-refractivity contribution in [3.63, 3.8) is 0 Å². The molecular weight excluding hydrogens is 504 g/mol. The Hall–Kier alpha value is -4.22. The molecule has 2 aromatic carbocycles. The van der Waals surface area contributed by atoms with Crippen molar-refractivity contribution in [1.82, 2.24) is 10.6 Å². The van der Waals surface area contributed by atoms with Gasteiger partial charge in [-0.2, -0.15) is 0 Å². The Labute approximate surface area is 226 Å². The quantitative estimate of drug-likeness (QED) is 0.239. The first-order valence-electron chi connectivity index (χ1n) is 13.4. The molecular formula is C27H34N6O6. The minimum Gasteiger partial charge on any atom is -0.335 e. The molecule has 0 aromatic heterocycles. The van der Waals surface area contributed by atoms with Crippen LogP contribution in [-0.4, -0.2) is 34.0 Å². The molecule has 0 heterocycles. The van der Waals surface area contributed by atoms with E-state index in [0.717, 1.165) is 51.4 Å². The van der Waals surface area contributed by atoms with Gasteiger partial charge >= 0.3 is 12.1 Å². The van der Waals surface area contributed by atoms with Gasteiger partial charge < -0.3 is 21.3 Å². The Morgan fingerprint density at radius 1 is 0.615 bits per heavy atom. The summed E-state index contributed by atoms with van der Waals surface area (Å²) >= 11 is 0. The Kier molecular flexibility index (Phi) is 9.29. The average molecular weight is 539 g/mol. The van der Waals surface area contributed by atoms with E-state index < -0.39 is 9.85 Å². The van der Waals surface area contributed by atoms with E-state index in [0.29, 0.717) is 23.2 Å². The smallest absolute Gasteiger partial charge is 0.319 e. The number of amides is 4. The highest BCUT2D eigenvalue weighted by atomic mass is 16.6. The van der Waals surface area contributed by atoms with E-state index in [1.165, 1.54) is 55.0 Å². The van der Waals surface area contributed by atoms with Gasteiger partial charge in [0.05, 0.1) is 9.85 Å². The predicted molar refractivity (Wildman–Crippen MR) is 147 cm³/mol. The molecule has 0 atom stereocenters.